The Kier molecular flexibility index (Phi) is 8.79. The number of nitrogens with zero attached hydrogens (tertiary/aromatic N) is 3. The Balaban J connectivity index is 1.38. The van der Waals surface area contributed by atoms with Crippen LogP contribution in [-0.2, 0) is 9.59 Å². The van der Waals surface area contributed by atoms with Crippen molar-refractivity contribution in [2.24, 2.45) is 17.8 Å². The summed E-state index contributed by atoms with van der Waals surface area (Å²) in [7, 11) is 3.03. The van der Waals surface area contributed by atoms with Gasteiger partial charge in [-0.3, -0.25) is 24.2 Å². The van der Waals surface area contributed by atoms with Crippen LogP contribution in [0, 0.1) is 17.8 Å². The van der Waals surface area contributed by atoms with E-state index in [1.54, 1.807) is 40.3 Å². The van der Waals surface area contributed by atoms with E-state index in [0.29, 0.717) is 42.3 Å². The minimum atomic E-state index is -0.594. The van der Waals surface area contributed by atoms with Gasteiger partial charge in [0.1, 0.15) is 0 Å². The summed E-state index contributed by atoms with van der Waals surface area (Å²) in [6, 6.07) is 14.2. The summed E-state index contributed by atoms with van der Waals surface area (Å²) in [6.45, 7) is 5.00. The third-order valence-corrected chi connectivity index (χ3v) is 8.12. The highest BCUT2D eigenvalue weighted by atomic mass is 16.5. The number of hydrogen-bond acceptors (Lipinski definition) is 7. The van der Waals surface area contributed by atoms with E-state index in [-0.39, 0.29) is 54.7 Å². The number of fused-ring (bicyclic) bond motifs is 2. The molecular weight excluding hydrogens is 550 g/mol. The maximum absolute atomic E-state index is 13.7. The Labute approximate surface area is 250 Å². The topological polar surface area (TPSA) is 130 Å². The first-order valence-corrected chi connectivity index (χ1v) is 14.4. The molecule has 0 radical (unpaired) electrons. The van der Waals surface area contributed by atoms with Crippen LogP contribution in [0.2, 0.25) is 0 Å². The Hall–Kier alpha value is -4.67. The van der Waals surface area contributed by atoms with Crippen molar-refractivity contribution in [1.29, 1.82) is 0 Å². The number of likely N-dealkylation sites (tertiary alicyclic amines) is 2. The van der Waals surface area contributed by atoms with Crippen LogP contribution in [-0.4, -0.2) is 91.4 Å². The third kappa shape index (κ3) is 6.40. The van der Waals surface area contributed by atoms with Crippen LogP contribution in [0.1, 0.15) is 34.6 Å². The monoisotopic (exact) mass is 587 g/mol. The van der Waals surface area contributed by atoms with E-state index in [4.69, 9.17) is 9.47 Å². The zero-order chi connectivity index (χ0) is 30.7. The molecule has 5 rings (SSSR count). The van der Waals surface area contributed by atoms with Crippen molar-refractivity contribution < 1.29 is 28.7 Å². The molecule has 0 aliphatic carbocycles. The van der Waals surface area contributed by atoms with Gasteiger partial charge < -0.3 is 29.9 Å². The maximum atomic E-state index is 13.7. The molecule has 11 heteroatoms. The number of nitrogens with one attached hydrogen (secondary N) is 2. The summed E-state index contributed by atoms with van der Waals surface area (Å²) in [5, 5.41) is 6.07. The van der Waals surface area contributed by atoms with Gasteiger partial charge in [0.25, 0.3) is 11.8 Å². The minimum Gasteiger partial charge on any atom is -0.493 e. The smallest absolute Gasteiger partial charge is 0.254 e. The Morgan fingerprint density at radius 2 is 1.63 bits per heavy atom. The molecule has 3 aromatic rings. The summed E-state index contributed by atoms with van der Waals surface area (Å²) in [5.41, 5.74) is 1.74. The van der Waals surface area contributed by atoms with Gasteiger partial charge in [0, 0.05) is 55.9 Å². The second-order valence-corrected chi connectivity index (χ2v) is 11.3. The first-order chi connectivity index (χ1) is 20.7. The molecule has 2 N–H and O–H groups in total. The summed E-state index contributed by atoms with van der Waals surface area (Å²) in [4.78, 5) is 60.4. The van der Waals surface area contributed by atoms with Crippen LogP contribution in [0.3, 0.4) is 0 Å². The molecule has 2 aliphatic rings. The van der Waals surface area contributed by atoms with E-state index in [1.165, 1.54) is 14.2 Å². The van der Waals surface area contributed by atoms with Crippen LogP contribution >= 0.6 is 0 Å². The van der Waals surface area contributed by atoms with Crippen molar-refractivity contribution in [3.63, 3.8) is 0 Å². The molecule has 4 amide bonds. The van der Waals surface area contributed by atoms with Crippen LogP contribution < -0.4 is 20.1 Å². The zero-order valence-corrected chi connectivity index (χ0v) is 24.8. The average molecular weight is 588 g/mol. The largest absolute Gasteiger partial charge is 0.493 e. The molecule has 2 fully saturated rings. The minimum absolute atomic E-state index is 0.0550. The molecule has 1 aromatic heterocycles. The molecule has 11 nitrogen and oxygen atoms in total. The number of ether oxygens (including phenoxy) is 2. The van der Waals surface area contributed by atoms with E-state index in [2.05, 4.69) is 15.6 Å². The van der Waals surface area contributed by atoms with E-state index in [1.807, 2.05) is 38.1 Å². The molecule has 226 valence electrons. The van der Waals surface area contributed by atoms with Crippen LogP contribution in [0.25, 0.3) is 10.9 Å². The number of aromatic nitrogens is 1. The zero-order valence-electron chi connectivity index (χ0n) is 24.8. The fourth-order valence-corrected chi connectivity index (χ4v) is 6.00. The van der Waals surface area contributed by atoms with Gasteiger partial charge in [-0.15, -0.1) is 0 Å². The molecule has 0 bridgehead atoms. The Morgan fingerprint density at radius 3 is 2.33 bits per heavy atom. The van der Waals surface area contributed by atoms with Crippen molar-refractivity contribution in [3.05, 3.63) is 65.9 Å². The van der Waals surface area contributed by atoms with Crippen LogP contribution in [0.5, 0.6) is 11.5 Å². The fraction of sp³-hybridized carbons (Fsp3) is 0.406. The highest BCUT2D eigenvalue weighted by Gasteiger charge is 2.48. The fourth-order valence-electron chi connectivity index (χ4n) is 6.00. The van der Waals surface area contributed by atoms with Crippen molar-refractivity contribution in [2.45, 2.75) is 20.0 Å². The van der Waals surface area contributed by atoms with Gasteiger partial charge in [-0.1, -0.05) is 6.07 Å². The molecule has 3 heterocycles. The van der Waals surface area contributed by atoms with Crippen molar-refractivity contribution in [2.75, 3.05) is 46.9 Å². The molecule has 43 heavy (non-hydrogen) atoms. The molecular formula is C32H37N5O6. The van der Waals surface area contributed by atoms with Gasteiger partial charge in [0.2, 0.25) is 11.8 Å². The molecule has 2 saturated heterocycles. The number of hydrogen-bond donors (Lipinski definition) is 2. The van der Waals surface area contributed by atoms with Crippen LogP contribution in [0.15, 0.2) is 54.7 Å². The lowest BCUT2D eigenvalue weighted by atomic mass is 9.79. The lowest BCUT2D eigenvalue weighted by molar-refractivity contribution is -0.131. The molecule has 0 saturated carbocycles. The first-order valence-electron chi connectivity index (χ1n) is 14.4. The second kappa shape index (κ2) is 12.7. The van der Waals surface area contributed by atoms with Gasteiger partial charge in [-0.25, -0.2) is 0 Å². The predicted molar refractivity (Wildman–Crippen MR) is 160 cm³/mol. The Morgan fingerprint density at radius 1 is 0.930 bits per heavy atom. The summed E-state index contributed by atoms with van der Waals surface area (Å²) < 4.78 is 11.3. The quantitative estimate of drug-likeness (QED) is 0.414. The third-order valence-electron chi connectivity index (χ3n) is 8.12. The van der Waals surface area contributed by atoms with Gasteiger partial charge in [-0.05, 0) is 68.1 Å². The highest BCUT2D eigenvalue weighted by Crippen LogP contribution is 2.37. The summed E-state index contributed by atoms with van der Waals surface area (Å²) in [5.74, 6) is -0.889. The number of piperidine rings is 1. The molecule has 2 aliphatic heterocycles. The number of benzene rings is 2. The molecule has 3 unspecified atom stereocenters. The number of carbonyl (C=O) groups excluding carboxylic acids is 4. The molecule has 2 aromatic carbocycles. The van der Waals surface area contributed by atoms with E-state index >= 15 is 0 Å². The molecule has 0 spiro atoms. The number of methoxy groups -OCH3 is 1. The van der Waals surface area contributed by atoms with Crippen molar-refractivity contribution in [1.82, 2.24) is 25.4 Å². The van der Waals surface area contributed by atoms with Gasteiger partial charge in [0.15, 0.2) is 11.5 Å². The highest BCUT2D eigenvalue weighted by molar-refractivity contribution is 5.99. The van der Waals surface area contributed by atoms with Gasteiger partial charge >= 0.3 is 0 Å². The van der Waals surface area contributed by atoms with Gasteiger partial charge in [0.05, 0.1) is 31.2 Å². The SMILES string of the molecule is CNC(=O)CNC(=O)C1CN(C(=O)c2ccc3ncccc3c2)CC2CN(C(=O)c3ccc(OC(C)C)c(OC)c3)CC21. The normalized spacial score (nSPS) is 19.6. The van der Waals surface area contributed by atoms with Crippen molar-refractivity contribution in [3.8, 4) is 11.5 Å². The van der Waals surface area contributed by atoms with E-state index in [0.717, 1.165) is 10.9 Å². The summed E-state index contributed by atoms with van der Waals surface area (Å²) >= 11 is 0. The second-order valence-electron chi connectivity index (χ2n) is 11.3. The predicted octanol–water partition coefficient (Wildman–Crippen LogP) is 2.35. The van der Waals surface area contributed by atoms with E-state index in [9.17, 15) is 19.2 Å². The number of pyridine rings is 1. The maximum Gasteiger partial charge on any atom is 0.254 e. The number of amides is 4. The lowest BCUT2D eigenvalue weighted by Gasteiger charge is -2.39. The first kappa shape index (κ1) is 29.8. The standard InChI is InChI=1S/C32H37N5O6/c1-19(2)43-27-10-8-22(13-28(27)42-4)32(41)36-15-23-16-37(18-25(24(23)17-36)30(39)35-14-29(38)33-3)31(40)21-7-9-26-20(12-21)6-5-11-34-26/h5-13,19,23-25H,14-18H2,1-4H3,(H,33,38)(H,35,39). The van der Waals surface area contributed by atoms with Gasteiger partial charge in [-0.2, -0.15) is 0 Å². The lowest BCUT2D eigenvalue weighted by Crippen LogP contribution is -2.53. The van der Waals surface area contributed by atoms with E-state index < -0.39 is 5.92 Å². The van der Waals surface area contributed by atoms with Crippen LogP contribution in [0.4, 0.5) is 0 Å². The molecule has 3 atom stereocenters. The number of likely N-dealkylation sites (N-methyl/N-ethyl adjacent to an activating group) is 1. The summed E-state index contributed by atoms with van der Waals surface area (Å²) in [6.07, 6.45) is 1.65. The Bertz CT molecular complexity index is 1540. The average Bonchev–Trinajstić information content (AvgIpc) is 3.46. The number of rotatable bonds is 8. The number of carbonyl (C=O) groups is 4. The van der Waals surface area contributed by atoms with Crippen molar-refractivity contribution >= 4 is 34.5 Å².